The van der Waals surface area contributed by atoms with Gasteiger partial charge < -0.3 is 4.74 Å². The van der Waals surface area contributed by atoms with Gasteiger partial charge in [0.25, 0.3) is 0 Å². The maximum Gasteiger partial charge on any atom is 0.0481 e. The Balaban J connectivity index is 3.32. The summed E-state index contributed by atoms with van der Waals surface area (Å²) in [7, 11) is 0. The van der Waals surface area contributed by atoms with Crippen LogP contribution < -0.4 is 11.3 Å². The van der Waals surface area contributed by atoms with E-state index in [1.807, 2.05) is 0 Å². The van der Waals surface area contributed by atoms with Gasteiger partial charge in [0, 0.05) is 19.3 Å². The Labute approximate surface area is 75.6 Å². The molecule has 3 nitrogen and oxygen atoms in total. The molecule has 0 aromatic heterocycles. The van der Waals surface area contributed by atoms with Gasteiger partial charge in [-0.2, -0.15) is 0 Å². The van der Waals surface area contributed by atoms with Crippen LogP contribution in [0.4, 0.5) is 0 Å². The van der Waals surface area contributed by atoms with Crippen LogP contribution in [0.5, 0.6) is 0 Å². The molecule has 0 aliphatic heterocycles. The lowest BCUT2D eigenvalue weighted by molar-refractivity contribution is 0.119. The molecule has 0 saturated carbocycles. The fraction of sp³-hybridized carbons (Fsp3) is 1.00. The van der Waals surface area contributed by atoms with E-state index in [0.717, 1.165) is 26.1 Å². The SMILES string of the molecule is CCCOCCC(NN)C(C)C. The molecule has 0 amide bonds. The Morgan fingerprint density at radius 3 is 2.42 bits per heavy atom. The van der Waals surface area contributed by atoms with E-state index in [1.165, 1.54) is 0 Å². The fourth-order valence-electron chi connectivity index (χ4n) is 1.07. The first-order valence-electron chi connectivity index (χ1n) is 4.76. The van der Waals surface area contributed by atoms with Crippen molar-refractivity contribution in [3.05, 3.63) is 0 Å². The summed E-state index contributed by atoms with van der Waals surface area (Å²) < 4.78 is 5.37. The molecule has 0 aromatic rings. The topological polar surface area (TPSA) is 47.3 Å². The quantitative estimate of drug-likeness (QED) is 0.347. The van der Waals surface area contributed by atoms with Crippen LogP contribution in [0.15, 0.2) is 0 Å². The molecule has 0 bridgehead atoms. The van der Waals surface area contributed by atoms with Crippen molar-refractivity contribution < 1.29 is 4.74 Å². The molecule has 0 aliphatic carbocycles. The van der Waals surface area contributed by atoms with E-state index < -0.39 is 0 Å². The van der Waals surface area contributed by atoms with Gasteiger partial charge in [-0.25, -0.2) is 0 Å². The lowest BCUT2D eigenvalue weighted by Gasteiger charge is -2.19. The normalized spacial score (nSPS) is 13.8. The van der Waals surface area contributed by atoms with Gasteiger partial charge in [0.15, 0.2) is 0 Å². The zero-order valence-corrected chi connectivity index (χ0v) is 8.47. The van der Waals surface area contributed by atoms with Crippen molar-refractivity contribution in [3.63, 3.8) is 0 Å². The lowest BCUT2D eigenvalue weighted by atomic mass is 10.0. The smallest absolute Gasteiger partial charge is 0.0481 e. The predicted molar refractivity (Wildman–Crippen MR) is 51.7 cm³/mol. The number of nitrogens with two attached hydrogens (primary N) is 1. The number of hydrogen-bond donors (Lipinski definition) is 2. The van der Waals surface area contributed by atoms with E-state index in [-0.39, 0.29) is 0 Å². The minimum absolute atomic E-state index is 0.377. The van der Waals surface area contributed by atoms with E-state index in [9.17, 15) is 0 Å². The largest absolute Gasteiger partial charge is 0.381 e. The summed E-state index contributed by atoms with van der Waals surface area (Å²) in [5.74, 6) is 5.95. The lowest BCUT2D eigenvalue weighted by Crippen LogP contribution is -2.39. The van der Waals surface area contributed by atoms with E-state index in [1.54, 1.807) is 0 Å². The summed E-state index contributed by atoms with van der Waals surface area (Å²) >= 11 is 0. The van der Waals surface area contributed by atoms with Gasteiger partial charge in [0.1, 0.15) is 0 Å². The third kappa shape index (κ3) is 5.52. The molecule has 0 aliphatic rings. The molecule has 0 rings (SSSR count). The van der Waals surface area contributed by atoms with Crippen LogP contribution in [-0.2, 0) is 4.74 Å². The monoisotopic (exact) mass is 174 g/mol. The minimum atomic E-state index is 0.377. The number of hydrazine groups is 1. The Bertz CT molecular complexity index is 96.5. The van der Waals surface area contributed by atoms with Gasteiger partial charge in [-0.1, -0.05) is 20.8 Å². The Kier molecular flexibility index (Phi) is 7.45. The molecule has 0 aromatic carbocycles. The highest BCUT2D eigenvalue weighted by molar-refractivity contribution is 4.66. The van der Waals surface area contributed by atoms with Crippen LogP contribution in [-0.4, -0.2) is 19.3 Å². The van der Waals surface area contributed by atoms with Crippen LogP contribution in [0.3, 0.4) is 0 Å². The van der Waals surface area contributed by atoms with Crippen molar-refractivity contribution in [2.24, 2.45) is 11.8 Å². The van der Waals surface area contributed by atoms with E-state index in [2.05, 4.69) is 26.2 Å². The average Bonchev–Trinajstić information content (AvgIpc) is 2.04. The van der Waals surface area contributed by atoms with Gasteiger partial charge in [-0.3, -0.25) is 11.3 Å². The second-order valence-electron chi connectivity index (χ2n) is 3.42. The van der Waals surface area contributed by atoms with Gasteiger partial charge in [0.2, 0.25) is 0 Å². The van der Waals surface area contributed by atoms with Crippen molar-refractivity contribution in [2.45, 2.75) is 39.7 Å². The summed E-state index contributed by atoms with van der Waals surface area (Å²) in [6.07, 6.45) is 2.08. The van der Waals surface area contributed by atoms with Crippen LogP contribution in [0.2, 0.25) is 0 Å². The maximum atomic E-state index is 5.38. The molecular formula is C9H22N2O. The van der Waals surface area contributed by atoms with Crippen molar-refractivity contribution in [1.82, 2.24) is 5.43 Å². The molecule has 3 N–H and O–H groups in total. The third-order valence-corrected chi connectivity index (χ3v) is 1.94. The molecule has 0 saturated heterocycles. The molecule has 3 heteroatoms. The van der Waals surface area contributed by atoms with Crippen LogP contribution >= 0.6 is 0 Å². The van der Waals surface area contributed by atoms with E-state index in [4.69, 9.17) is 10.6 Å². The summed E-state index contributed by atoms with van der Waals surface area (Å²) in [5.41, 5.74) is 2.80. The predicted octanol–water partition coefficient (Wildman–Crippen LogP) is 1.29. The molecule has 0 heterocycles. The molecule has 1 unspecified atom stereocenters. The molecule has 0 radical (unpaired) electrons. The van der Waals surface area contributed by atoms with Gasteiger partial charge in [0.05, 0.1) is 0 Å². The zero-order chi connectivity index (χ0) is 9.40. The molecule has 12 heavy (non-hydrogen) atoms. The van der Waals surface area contributed by atoms with Crippen LogP contribution in [0.25, 0.3) is 0 Å². The molecule has 1 atom stereocenters. The minimum Gasteiger partial charge on any atom is -0.381 e. The summed E-state index contributed by atoms with van der Waals surface area (Å²) in [6, 6.07) is 0.377. The Hall–Kier alpha value is -0.120. The van der Waals surface area contributed by atoms with E-state index in [0.29, 0.717) is 12.0 Å². The second-order valence-corrected chi connectivity index (χ2v) is 3.42. The van der Waals surface area contributed by atoms with Crippen LogP contribution in [0.1, 0.15) is 33.6 Å². The van der Waals surface area contributed by atoms with Crippen molar-refractivity contribution in [3.8, 4) is 0 Å². The second kappa shape index (κ2) is 7.53. The van der Waals surface area contributed by atoms with Gasteiger partial charge in [-0.15, -0.1) is 0 Å². The number of nitrogens with one attached hydrogen (secondary N) is 1. The molecular weight excluding hydrogens is 152 g/mol. The maximum absolute atomic E-state index is 5.38. The fourth-order valence-corrected chi connectivity index (χ4v) is 1.07. The number of ether oxygens (including phenoxy) is 1. The third-order valence-electron chi connectivity index (χ3n) is 1.94. The van der Waals surface area contributed by atoms with Crippen molar-refractivity contribution in [1.29, 1.82) is 0 Å². The number of hydrogen-bond acceptors (Lipinski definition) is 3. The molecule has 0 fully saturated rings. The standard InChI is InChI=1S/C9H22N2O/c1-4-6-12-7-5-9(11-10)8(2)3/h8-9,11H,4-7,10H2,1-3H3. The summed E-state index contributed by atoms with van der Waals surface area (Å²) in [5, 5.41) is 0. The Morgan fingerprint density at radius 2 is 2.00 bits per heavy atom. The molecule has 74 valence electrons. The van der Waals surface area contributed by atoms with Crippen molar-refractivity contribution >= 4 is 0 Å². The first kappa shape index (κ1) is 11.9. The first-order valence-corrected chi connectivity index (χ1v) is 4.76. The highest BCUT2D eigenvalue weighted by Gasteiger charge is 2.09. The van der Waals surface area contributed by atoms with E-state index >= 15 is 0 Å². The molecule has 0 spiro atoms. The summed E-state index contributed by atoms with van der Waals surface area (Å²) in [6.45, 7) is 8.09. The van der Waals surface area contributed by atoms with Crippen molar-refractivity contribution in [2.75, 3.05) is 13.2 Å². The van der Waals surface area contributed by atoms with Gasteiger partial charge in [-0.05, 0) is 18.8 Å². The zero-order valence-electron chi connectivity index (χ0n) is 8.47. The Morgan fingerprint density at radius 1 is 1.33 bits per heavy atom. The first-order chi connectivity index (χ1) is 5.72. The number of rotatable bonds is 7. The highest BCUT2D eigenvalue weighted by Crippen LogP contribution is 2.04. The van der Waals surface area contributed by atoms with Gasteiger partial charge >= 0.3 is 0 Å². The summed E-state index contributed by atoms with van der Waals surface area (Å²) in [4.78, 5) is 0. The average molecular weight is 174 g/mol. The van der Waals surface area contributed by atoms with Crippen LogP contribution in [0, 0.1) is 5.92 Å². The highest BCUT2D eigenvalue weighted by atomic mass is 16.5.